The van der Waals surface area contributed by atoms with Crippen LogP contribution in [0, 0.1) is 6.92 Å². The van der Waals surface area contributed by atoms with Crippen LogP contribution >= 0.6 is 0 Å². The highest BCUT2D eigenvalue weighted by Crippen LogP contribution is 2.56. The lowest BCUT2D eigenvalue weighted by atomic mass is 9.67. The van der Waals surface area contributed by atoms with Gasteiger partial charge in [-0.3, -0.25) is 0 Å². The minimum Gasteiger partial charge on any atom is -0.399 e. The van der Waals surface area contributed by atoms with Crippen molar-refractivity contribution in [2.24, 2.45) is 0 Å². The Morgan fingerprint density at radius 1 is 0.475 bits per heavy atom. The van der Waals surface area contributed by atoms with Gasteiger partial charge in [0.15, 0.2) is 0 Å². The molecule has 0 aromatic heterocycles. The third-order valence-corrected chi connectivity index (χ3v) is 8.47. The fourth-order valence-corrected chi connectivity index (χ4v) is 6.70. The summed E-state index contributed by atoms with van der Waals surface area (Å²) in [5.41, 5.74) is 27.1. The molecule has 0 amide bonds. The van der Waals surface area contributed by atoms with Crippen LogP contribution in [0.15, 0.2) is 140 Å². The largest absolute Gasteiger partial charge is 0.399 e. The third kappa shape index (κ3) is 3.50. The standard InChI is InChI=1S/C38H30N2/c1-25-31(26-16-19-30(39)20-17-26)21-23-36(40)37(25)27-18-22-35-33(24-27)32-14-8-9-15-34(32)38(35,28-10-4-2-5-11-28)29-12-6-3-7-13-29/h2-24H,39-40H2,1H3. The Morgan fingerprint density at radius 2 is 1.05 bits per heavy atom. The molecule has 0 radical (unpaired) electrons. The number of hydrogen-bond acceptors (Lipinski definition) is 2. The number of nitrogen functional groups attached to an aromatic ring is 2. The molecule has 7 rings (SSSR count). The molecular weight excluding hydrogens is 484 g/mol. The summed E-state index contributed by atoms with van der Waals surface area (Å²) in [5, 5.41) is 0. The van der Waals surface area contributed by atoms with Gasteiger partial charge in [0, 0.05) is 16.9 Å². The van der Waals surface area contributed by atoms with Crippen molar-refractivity contribution in [2.75, 3.05) is 11.5 Å². The maximum atomic E-state index is 6.68. The van der Waals surface area contributed by atoms with Gasteiger partial charge in [0.2, 0.25) is 0 Å². The lowest BCUT2D eigenvalue weighted by Gasteiger charge is -2.33. The Morgan fingerprint density at radius 3 is 1.73 bits per heavy atom. The first-order valence-electron chi connectivity index (χ1n) is 13.7. The molecule has 0 fully saturated rings. The Balaban J connectivity index is 1.49. The summed E-state index contributed by atoms with van der Waals surface area (Å²) in [6.07, 6.45) is 0. The molecule has 0 bridgehead atoms. The predicted octanol–water partition coefficient (Wildman–Crippen LogP) is 8.86. The fraction of sp³-hybridized carbons (Fsp3) is 0.0526. The van der Waals surface area contributed by atoms with Gasteiger partial charge in [-0.1, -0.05) is 115 Å². The van der Waals surface area contributed by atoms with E-state index >= 15 is 0 Å². The van der Waals surface area contributed by atoms with Crippen molar-refractivity contribution in [1.82, 2.24) is 0 Å². The van der Waals surface area contributed by atoms with Crippen molar-refractivity contribution in [3.8, 4) is 33.4 Å². The summed E-state index contributed by atoms with van der Waals surface area (Å²) in [6.45, 7) is 2.16. The number of benzene rings is 6. The van der Waals surface area contributed by atoms with Gasteiger partial charge >= 0.3 is 0 Å². The van der Waals surface area contributed by atoms with E-state index in [1.54, 1.807) is 0 Å². The molecule has 0 unspecified atom stereocenters. The summed E-state index contributed by atoms with van der Waals surface area (Å²) in [5.74, 6) is 0. The Bertz CT molecular complexity index is 1810. The van der Waals surface area contributed by atoms with Crippen molar-refractivity contribution in [2.45, 2.75) is 12.3 Å². The van der Waals surface area contributed by atoms with Crippen LogP contribution < -0.4 is 11.5 Å². The van der Waals surface area contributed by atoms with Gasteiger partial charge in [-0.25, -0.2) is 0 Å². The molecule has 0 saturated carbocycles. The quantitative estimate of drug-likeness (QED) is 0.231. The second-order valence-electron chi connectivity index (χ2n) is 10.6. The molecule has 0 heterocycles. The van der Waals surface area contributed by atoms with Crippen molar-refractivity contribution in [3.63, 3.8) is 0 Å². The highest BCUT2D eigenvalue weighted by molar-refractivity contribution is 5.92. The van der Waals surface area contributed by atoms with Crippen LogP contribution in [0.1, 0.15) is 27.8 Å². The van der Waals surface area contributed by atoms with E-state index < -0.39 is 5.41 Å². The minimum absolute atomic E-state index is 0.403. The van der Waals surface area contributed by atoms with Crippen LogP contribution in [0.3, 0.4) is 0 Å². The average molecular weight is 515 g/mol. The van der Waals surface area contributed by atoms with Crippen molar-refractivity contribution >= 4 is 11.4 Å². The van der Waals surface area contributed by atoms with Gasteiger partial charge in [-0.05, 0) is 86.8 Å². The van der Waals surface area contributed by atoms with E-state index in [1.165, 1.54) is 33.4 Å². The Labute approximate surface area is 235 Å². The Kier molecular flexibility index (Phi) is 5.57. The first-order chi connectivity index (χ1) is 19.6. The zero-order valence-corrected chi connectivity index (χ0v) is 22.4. The van der Waals surface area contributed by atoms with Gasteiger partial charge < -0.3 is 11.5 Å². The van der Waals surface area contributed by atoms with Crippen LogP contribution in [-0.4, -0.2) is 0 Å². The number of hydrogen-bond donors (Lipinski definition) is 2. The van der Waals surface area contributed by atoms with E-state index in [1.807, 2.05) is 18.2 Å². The number of fused-ring (bicyclic) bond motifs is 3. The van der Waals surface area contributed by atoms with E-state index in [0.29, 0.717) is 0 Å². The number of nitrogens with two attached hydrogens (primary N) is 2. The van der Waals surface area contributed by atoms with Crippen molar-refractivity contribution < 1.29 is 0 Å². The normalized spacial score (nSPS) is 13.0. The van der Waals surface area contributed by atoms with Crippen LogP contribution in [0.4, 0.5) is 11.4 Å². The number of rotatable bonds is 4. The van der Waals surface area contributed by atoms with Crippen LogP contribution in [-0.2, 0) is 5.41 Å². The lowest BCUT2D eigenvalue weighted by molar-refractivity contribution is 0.768. The monoisotopic (exact) mass is 514 g/mol. The van der Waals surface area contributed by atoms with Gasteiger partial charge in [0.25, 0.3) is 0 Å². The van der Waals surface area contributed by atoms with Gasteiger partial charge in [-0.2, -0.15) is 0 Å². The highest BCUT2D eigenvalue weighted by Gasteiger charge is 2.45. The molecule has 0 aliphatic heterocycles. The SMILES string of the molecule is Cc1c(-c2ccc(N)cc2)ccc(N)c1-c1ccc2c(c1)-c1ccccc1C2(c1ccccc1)c1ccccc1. The second kappa shape index (κ2) is 9.29. The molecule has 0 saturated heterocycles. The molecule has 6 aromatic rings. The molecule has 0 atom stereocenters. The summed E-state index contributed by atoms with van der Waals surface area (Å²) >= 11 is 0. The molecule has 6 aromatic carbocycles. The van der Waals surface area contributed by atoms with Crippen LogP contribution in [0.25, 0.3) is 33.4 Å². The average Bonchev–Trinajstić information content (AvgIpc) is 3.29. The molecule has 4 N–H and O–H groups in total. The first-order valence-corrected chi connectivity index (χ1v) is 13.7. The smallest absolute Gasteiger partial charge is 0.0713 e. The van der Waals surface area contributed by atoms with Crippen molar-refractivity contribution in [3.05, 3.63) is 167 Å². The molecule has 2 heteroatoms. The maximum Gasteiger partial charge on any atom is 0.0713 e. The van der Waals surface area contributed by atoms with Crippen LogP contribution in [0.2, 0.25) is 0 Å². The molecule has 40 heavy (non-hydrogen) atoms. The zero-order valence-electron chi connectivity index (χ0n) is 22.4. The maximum absolute atomic E-state index is 6.68. The molecule has 2 nitrogen and oxygen atoms in total. The molecule has 1 aliphatic carbocycles. The predicted molar refractivity (Wildman–Crippen MR) is 168 cm³/mol. The van der Waals surface area contributed by atoms with E-state index in [4.69, 9.17) is 11.5 Å². The fourth-order valence-electron chi connectivity index (χ4n) is 6.70. The van der Waals surface area contributed by atoms with E-state index in [9.17, 15) is 0 Å². The molecular formula is C38H30N2. The Hall–Kier alpha value is -5.08. The molecule has 0 spiro atoms. The molecule has 192 valence electrons. The lowest BCUT2D eigenvalue weighted by Crippen LogP contribution is -2.28. The van der Waals surface area contributed by atoms with Gasteiger partial charge in [0.1, 0.15) is 0 Å². The van der Waals surface area contributed by atoms with E-state index in [2.05, 4.69) is 128 Å². The summed E-state index contributed by atoms with van der Waals surface area (Å²) < 4.78 is 0. The van der Waals surface area contributed by atoms with E-state index in [0.717, 1.165) is 39.2 Å². The highest BCUT2D eigenvalue weighted by atomic mass is 14.6. The van der Waals surface area contributed by atoms with E-state index in [-0.39, 0.29) is 0 Å². The number of anilines is 2. The topological polar surface area (TPSA) is 52.0 Å². The van der Waals surface area contributed by atoms with Crippen LogP contribution in [0.5, 0.6) is 0 Å². The van der Waals surface area contributed by atoms with Gasteiger partial charge in [-0.15, -0.1) is 0 Å². The van der Waals surface area contributed by atoms with Gasteiger partial charge in [0.05, 0.1) is 5.41 Å². The second-order valence-corrected chi connectivity index (χ2v) is 10.6. The summed E-state index contributed by atoms with van der Waals surface area (Å²) in [6, 6.07) is 49.7. The minimum atomic E-state index is -0.403. The third-order valence-electron chi connectivity index (χ3n) is 8.47. The summed E-state index contributed by atoms with van der Waals surface area (Å²) in [7, 11) is 0. The molecule has 1 aliphatic rings. The zero-order chi connectivity index (χ0) is 27.3. The van der Waals surface area contributed by atoms with Crippen molar-refractivity contribution in [1.29, 1.82) is 0 Å². The summed E-state index contributed by atoms with van der Waals surface area (Å²) in [4.78, 5) is 0. The first kappa shape index (κ1) is 24.0.